The number of fused-ring (bicyclic) bond motifs is 1. The van der Waals surface area contributed by atoms with E-state index in [9.17, 15) is 9.18 Å². The molecule has 0 saturated carbocycles. The first kappa shape index (κ1) is 25.7. The molecule has 2 aliphatic rings. The van der Waals surface area contributed by atoms with Crippen molar-refractivity contribution in [2.45, 2.75) is 44.6 Å². The Morgan fingerprint density at radius 2 is 1.87 bits per heavy atom. The molecule has 38 heavy (non-hydrogen) atoms. The van der Waals surface area contributed by atoms with Gasteiger partial charge in [-0.3, -0.25) is 0 Å². The van der Waals surface area contributed by atoms with Gasteiger partial charge in [-0.1, -0.05) is 60.6 Å². The first-order valence-corrected chi connectivity index (χ1v) is 13.4. The van der Waals surface area contributed by atoms with Crippen molar-refractivity contribution in [3.8, 4) is 5.69 Å². The zero-order valence-electron chi connectivity index (χ0n) is 21.9. The Morgan fingerprint density at radius 1 is 1.16 bits per heavy atom. The fourth-order valence-corrected chi connectivity index (χ4v) is 6.17. The summed E-state index contributed by atoms with van der Waals surface area (Å²) in [7, 11) is 0. The standard InChI is InChI=1S/C32H35FN4O/c1-4-17-36(18-5-2)32(38)35-29(23-9-7-6-8-10-23)19-24-11-12-25-20-30-28(22(3)31(24)25)21-34-37(30)27-15-13-26(33)14-16-27/h4-10,13-16,21-22,24,29H,1-2,11-12,17-20H2,3H3,(H,35,38)/t22-,24+,29?/m0/s1. The minimum atomic E-state index is -0.246. The highest BCUT2D eigenvalue weighted by atomic mass is 19.1. The Bertz CT molecular complexity index is 1330. The van der Waals surface area contributed by atoms with Crippen LogP contribution in [-0.2, 0) is 6.42 Å². The molecule has 0 aliphatic heterocycles. The molecule has 5 rings (SSSR count). The average molecular weight is 511 g/mol. The summed E-state index contributed by atoms with van der Waals surface area (Å²) in [5, 5.41) is 8.00. The summed E-state index contributed by atoms with van der Waals surface area (Å²) in [4.78, 5) is 14.9. The van der Waals surface area contributed by atoms with Gasteiger partial charge in [0.1, 0.15) is 5.82 Å². The zero-order valence-corrected chi connectivity index (χ0v) is 21.9. The van der Waals surface area contributed by atoms with Gasteiger partial charge in [0.2, 0.25) is 0 Å². The topological polar surface area (TPSA) is 50.2 Å². The first-order chi connectivity index (χ1) is 18.5. The number of carbonyl (C=O) groups is 1. The van der Waals surface area contributed by atoms with E-state index in [4.69, 9.17) is 5.10 Å². The number of aromatic nitrogens is 2. The van der Waals surface area contributed by atoms with E-state index in [2.05, 4.69) is 37.5 Å². The van der Waals surface area contributed by atoms with Crippen LogP contribution in [0.15, 0.2) is 97.3 Å². The monoisotopic (exact) mass is 510 g/mol. The predicted molar refractivity (Wildman–Crippen MR) is 150 cm³/mol. The molecule has 6 heteroatoms. The number of urea groups is 1. The SMILES string of the molecule is C=CCN(CC=C)C(=O)NC(C[C@H]1CCC2=C1[C@@H](C)c1cnn(-c3ccc(F)cc3)c1C2)c1ccccc1. The van der Waals surface area contributed by atoms with Crippen LogP contribution >= 0.6 is 0 Å². The number of nitrogens with one attached hydrogen (secondary N) is 1. The van der Waals surface area contributed by atoms with Crippen molar-refractivity contribution < 1.29 is 9.18 Å². The van der Waals surface area contributed by atoms with Crippen LogP contribution < -0.4 is 5.32 Å². The molecule has 0 saturated heterocycles. The molecule has 0 spiro atoms. The molecule has 5 nitrogen and oxygen atoms in total. The van der Waals surface area contributed by atoms with Gasteiger partial charge >= 0.3 is 6.03 Å². The Balaban J connectivity index is 1.39. The number of allylic oxidation sites excluding steroid dienone is 2. The molecule has 0 fully saturated rings. The van der Waals surface area contributed by atoms with E-state index in [-0.39, 0.29) is 23.8 Å². The largest absolute Gasteiger partial charge is 0.331 e. The number of hydrogen-bond acceptors (Lipinski definition) is 2. The molecule has 1 aromatic heterocycles. The number of benzene rings is 2. The lowest BCUT2D eigenvalue weighted by molar-refractivity contribution is 0.202. The van der Waals surface area contributed by atoms with Crippen LogP contribution in [0.25, 0.3) is 5.69 Å². The molecule has 0 radical (unpaired) electrons. The fraction of sp³-hybridized carbons (Fsp3) is 0.312. The highest BCUT2D eigenvalue weighted by Crippen LogP contribution is 2.49. The van der Waals surface area contributed by atoms with Crippen molar-refractivity contribution in [3.63, 3.8) is 0 Å². The molecule has 2 amide bonds. The molecular weight excluding hydrogens is 475 g/mol. The Hall–Kier alpha value is -3.93. The van der Waals surface area contributed by atoms with E-state index < -0.39 is 0 Å². The number of hydrogen-bond donors (Lipinski definition) is 1. The summed E-state index contributed by atoms with van der Waals surface area (Å²) < 4.78 is 15.5. The third kappa shape index (κ3) is 5.08. The van der Waals surface area contributed by atoms with E-state index in [1.807, 2.05) is 29.1 Å². The van der Waals surface area contributed by atoms with Crippen LogP contribution in [0.3, 0.4) is 0 Å². The van der Waals surface area contributed by atoms with Crippen molar-refractivity contribution in [3.05, 3.63) is 120 Å². The van der Waals surface area contributed by atoms with Crippen LogP contribution in [0.2, 0.25) is 0 Å². The summed E-state index contributed by atoms with van der Waals surface area (Å²) in [5.74, 6) is 0.379. The van der Waals surface area contributed by atoms with E-state index >= 15 is 0 Å². The smallest absolute Gasteiger partial charge is 0.318 e. The molecule has 2 aliphatic carbocycles. The van der Waals surface area contributed by atoms with Crippen LogP contribution in [0, 0.1) is 11.7 Å². The summed E-state index contributed by atoms with van der Waals surface area (Å²) in [6.07, 6.45) is 9.28. The van der Waals surface area contributed by atoms with Gasteiger partial charge in [-0.2, -0.15) is 5.10 Å². The summed E-state index contributed by atoms with van der Waals surface area (Å²) in [5.41, 5.74) is 7.41. The van der Waals surface area contributed by atoms with E-state index in [0.717, 1.165) is 36.9 Å². The third-order valence-corrected chi connectivity index (χ3v) is 7.93. The van der Waals surface area contributed by atoms with Gasteiger partial charge < -0.3 is 10.2 Å². The number of nitrogens with zero attached hydrogens (tertiary/aromatic N) is 3. The van der Waals surface area contributed by atoms with Crippen LogP contribution in [0.1, 0.15) is 55.0 Å². The minimum Gasteiger partial charge on any atom is -0.331 e. The van der Waals surface area contributed by atoms with E-state index in [1.165, 1.54) is 34.5 Å². The third-order valence-electron chi connectivity index (χ3n) is 7.93. The molecule has 0 bridgehead atoms. The van der Waals surface area contributed by atoms with Gasteiger partial charge in [0.05, 0.1) is 23.6 Å². The molecule has 1 unspecified atom stereocenters. The summed E-state index contributed by atoms with van der Waals surface area (Å²) in [6.45, 7) is 10.8. The number of amides is 2. The molecule has 1 heterocycles. The van der Waals surface area contributed by atoms with E-state index in [1.54, 1.807) is 29.2 Å². The number of halogens is 1. The lowest BCUT2D eigenvalue weighted by Crippen LogP contribution is -2.42. The molecule has 196 valence electrons. The van der Waals surface area contributed by atoms with Gasteiger partial charge in [0, 0.05) is 31.0 Å². The second kappa shape index (κ2) is 11.2. The summed E-state index contributed by atoms with van der Waals surface area (Å²) >= 11 is 0. The fourth-order valence-electron chi connectivity index (χ4n) is 6.17. The van der Waals surface area contributed by atoms with Crippen LogP contribution in [0.5, 0.6) is 0 Å². The van der Waals surface area contributed by atoms with Gasteiger partial charge in [-0.25, -0.2) is 13.9 Å². The quantitative estimate of drug-likeness (QED) is 0.319. The van der Waals surface area contributed by atoms with Crippen molar-refractivity contribution >= 4 is 6.03 Å². The highest BCUT2D eigenvalue weighted by molar-refractivity contribution is 5.75. The predicted octanol–water partition coefficient (Wildman–Crippen LogP) is 6.89. The Morgan fingerprint density at radius 3 is 2.55 bits per heavy atom. The number of rotatable bonds is 9. The van der Waals surface area contributed by atoms with Crippen molar-refractivity contribution in [2.24, 2.45) is 5.92 Å². The zero-order chi connectivity index (χ0) is 26.6. The molecule has 2 aromatic carbocycles. The van der Waals surface area contributed by atoms with Gasteiger partial charge in [-0.05, 0) is 55.0 Å². The minimum absolute atomic E-state index is 0.104. The maximum atomic E-state index is 13.5. The van der Waals surface area contributed by atoms with Crippen molar-refractivity contribution in [1.29, 1.82) is 0 Å². The highest BCUT2D eigenvalue weighted by Gasteiger charge is 2.37. The summed E-state index contributed by atoms with van der Waals surface area (Å²) in [6, 6.07) is 16.6. The first-order valence-electron chi connectivity index (χ1n) is 13.4. The Kier molecular flexibility index (Phi) is 7.59. The van der Waals surface area contributed by atoms with Crippen LogP contribution in [0.4, 0.5) is 9.18 Å². The molecule has 1 N–H and O–H groups in total. The second-order valence-corrected chi connectivity index (χ2v) is 10.3. The molecule has 3 aromatic rings. The lowest BCUT2D eigenvalue weighted by Gasteiger charge is -2.31. The average Bonchev–Trinajstić information content (AvgIpc) is 3.54. The van der Waals surface area contributed by atoms with Gasteiger partial charge in [0.15, 0.2) is 0 Å². The maximum absolute atomic E-state index is 13.5. The van der Waals surface area contributed by atoms with E-state index in [0.29, 0.717) is 19.0 Å². The van der Waals surface area contributed by atoms with Crippen LogP contribution in [-0.4, -0.2) is 33.8 Å². The second-order valence-electron chi connectivity index (χ2n) is 10.3. The van der Waals surface area contributed by atoms with Crippen molar-refractivity contribution in [1.82, 2.24) is 20.0 Å². The lowest BCUT2D eigenvalue weighted by atomic mass is 9.78. The molecular formula is C32H35FN4O. The van der Waals surface area contributed by atoms with Gasteiger partial charge in [0.25, 0.3) is 0 Å². The Labute approximate surface area is 224 Å². The molecule has 3 atom stereocenters. The normalized spacial score (nSPS) is 18.9. The maximum Gasteiger partial charge on any atom is 0.318 e. The van der Waals surface area contributed by atoms with Crippen molar-refractivity contribution in [2.75, 3.05) is 13.1 Å². The number of carbonyl (C=O) groups excluding carboxylic acids is 1. The van der Waals surface area contributed by atoms with Gasteiger partial charge in [-0.15, -0.1) is 13.2 Å².